The molecule has 0 heterocycles. The van der Waals surface area contributed by atoms with Gasteiger partial charge in [-0.05, 0) is 24.6 Å². The van der Waals surface area contributed by atoms with Crippen LogP contribution in [0.2, 0.25) is 0 Å². The summed E-state index contributed by atoms with van der Waals surface area (Å²) in [5.41, 5.74) is 1.26. The maximum Gasteiger partial charge on any atom is 0.238 e. The van der Waals surface area contributed by atoms with Gasteiger partial charge in [-0.15, -0.1) is 6.42 Å². The summed E-state index contributed by atoms with van der Waals surface area (Å²) in [5, 5.41) is 7.98. The van der Waals surface area contributed by atoms with E-state index in [2.05, 4.69) is 11.2 Å². The second-order valence-electron chi connectivity index (χ2n) is 3.03. The molecule has 1 aromatic carbocycles. The Kier molecular flexibility index (Phi) is 3.35. The summed E-state index contributed by atoms with van der Waals surface area (Å²) >= 11 is 0. The summed E-state index contributed by atoms with van der Waals surface area (Å²) in [4.78, 5) is 0.115. The zero-order valence-electron chi connectivity index (χ0n) is 8.32. The Balaban J connectivity index is 3.19. The van der Waals surface area contributed by atoms with Crippen LogP contribution < -0.4 is 10.5 Å². The first-order chi connectivity index (χ1) is 6.96. The van der Waals surface area contributed by atoms with Crippen molar-refractivity contribution in [2.24, 2.45) is 5.14 Å². The summed E-state index contributed by atoms with van der Waals surface area (Å²) in [6, 6.07) is 4.83. The normalized spacial score (nSPS) is 10.7. The van der Waals surface area contributed by atoms with Gasteiger partial charge in [0.15, 0.2) is 0 Å². The van der Waals surface area contributed by atoms with Crippen LogP contribution in [0, 0.1) is 19.3 Å². The lowest BCUT2D eigenvalue weighted by atomic mass is 10.2. The highest BCUT2D eigenvalue weighted by Crippen LogP contribution is 2.21. The fraction of sp³-hybridized carbons (Fsp3) is 0.200. The SMILES string of the molecule is C#CCNc1cccc(S(N)(=O)=O)c1C. The van der Waals surface area contributed by atoms with Crippen LogP contribution >= 0.6 is 0 Å². The fourth-order valence-corrected chi connectivity index (χ4v) is 2.07. The molecule has 4 nitrogen and oxygen atoms in total. The Morgan fingerprint density at radius 2 is 2.20 bits per heavy atom. The monoisotopic (exact) mass is 224 g/mol. The zero-order valence-corrected chi connectivity index (χ0v) is 9.14. The van der Waals surface area contributed by atoms with E-state index in [1.165, 1.54) is 6.07 Å². The van der Waals surface area contributed by atoms with Crippen LogP contribution in [0.3, 0.4) is 0 Å². The van der Waals surface area contributed by atoms with E-state index >= 15 is 0 Å². The molecule has 0 radical (unpaired) electrons. The highest BCUT2D eigenvalue weighted by Gasteiger charge is 2.12. The standard InChI is InChI=1S/C10H12N2O2S/c1-3-7-12-9-5-4-6-10(8(9)2)15(11,13)14/h1,4-6,12H,7H2,2H3,(H2,11,13,14). The Bertz CT molecular complexity index is 501. The maximum atomic E-state index is 11.2. The lowest BCUT2D eigenvalue weighted by Crippen LogP contribution is -2.14. The molecule has 0 aromatic heterocycles. The molecule has 0 saturated carbocycles. The molecule has 80 valence electrons. The predicted molar refractivity (Wildman–Crippen MR) is 59.9 cm³/mol. The van der Waals surface area contributed by atoms with Crippen LogP contribution in [0.15, 0.2) is 23.1 Å². The van der Waals surface area contributed by atoms with E-state index in [-0.39, 0.29) is 4.90 Å². The first-order valence-electron chi connectivity index (χ1n) is 4.26. The summed E-state index contributed by atoms with van der Waals surface area (Å²) in [6.45, 7) is 2.02. The van der Waals surface area contributed by atoms with Gasteiger partial charge in [0, 0.05) is 5.69 Å². The number of hydrogen-bond acceptors (Lipinski definition) is 3. The van der Waals surface area contributed by atoms with Gasteiger partial charge in [-0.3, -0.25) is 0 Å². The molecule has 0 aliphatic rings. The van der Waals surface area contributed by atoms with Crippen LogP contribution in [0.1, 0.15) is 5.56 Å². The first kappa shape index (κ1) is 11.6. The van der Waals surface area contributed by atoms with Crippen LogP contribution in [-0.2, 0) is 10.0 Å². The fourth-order valence-electron chi connectivity index (χ4n) is 1.26. The molecule has 0 bridgehead atoms. The molecule has 15 heavy (non-hydrogen) atoms. The van der Waals surface area contributed by atoms with Gasteiger partial charge in [0.2, 0.25) is 10.0 Å². The van der Waals surface area contributed by atoms with E-state index in [4.69, 9.17) is 11.6 Å². The molecule has 0 amide bonds. The van der Waals surface area contributed by atoms with Crippen molar-refractivity contribution in [3.63, 3.8) is 0 Å². The molecule has 5 heteroatoms. The number of terminal acetylenes is 1. The number of sulfonamides is 1. The molecule has 0 atom stereocenters. The Morgan fingerprint density at radius 1 is 1.53 bits per heavy atom. The van der Waals surface area contributed by atoms with E-state index < -0.39 is 10.0 Å². The summed E-state index contributed by atoms with van der Waals surface area (Å²) in [6.07, 6.45) is 5.09. The topological polar surface area (TPSA) is 72.2 Å². The third kappa shape index (κ3) is 2.72. The second-order valence-corrected chi connectivity index (χ2v) is 4.56. The minimum atomic E-state index is -3.67. The zero-order chi connectivity index (χ0) is 11.5. The van der Waals surface area contributed by atoms with Crippen molar-refractivity contribution in [2.75, 3.05) is 11.9 Å². The molecule has 0 aliphatic heterocycles. The number of primary sulfonamides is 1. The lowest BCUT2D eigenvalue weighted by molar-refractivity contribution is 0.597. The van der Waals surface area contributed by atoms with Crippen LogP contribution in [0.25, 0.3) is 0 Å². The molecule has 3 N–H and O–H groups in total. The van der Waals surface area contributed by atoms with E-state index in [1.807, 2.05) is 0 Å². The Hall–Kier alpha value is -1.51. The Labute approximate surface area is 89.5 Å². The van der Waals surface area contributed by atoms with Gasteiger partial charge in [0.25, 0.3) is 0 Å². The van der Waals surface area contributed by atoms with Crippen molar-refractivity contribution in [1.29, 1.82) is 0 Å². The van der Waals surface area contributed by atoms with Crippen molar-refractivity contribution in [1.82, 2.24) is 0 Å². The largest absolute Gasteiger partial charge is 0.374 e. The summed E-state index contributed by atoms with van der Waals surface area (Å²) in [7, 11) is -3.67. The molecule has 0 spiro atoms. The molecule has 0 fully saturated rings. The molecular weight excluding hydrogens is 212 g/mol. The maximum absolute atomic E-state index is 11.2. The van der Waals surface area contributed by atoms with E-state index in [9.17, 15) is 8.42 Å². The predicted octanol–water partition coefficient (Wildman–Crippen LogP) is 0.688. The van der Waals surface area contributed by atoms with E-state index in [1.54, 1.807) is 19.1 Å². The van der Waals surface area contributed by atoms with Crippen molar-refractivity contribution in [3.05, 3.63) is 23.8 Å². The van der Waals surface area contributed by atoms with Crippen molar-refractivity contribution in [2.45, 2.75) is 11.8 Å². The average molecular weight is 224 g/mol. The number of hydrogen-bond donors (Lipinski definition) is 2. The minimum Gasteiger partial charge on any atom is -0.374 e. The second kappa shape index (κ2) is 4.34. The van der Waals surface area contributed by atoms with E-state index in [0.29, 0.717) is 17.8 Å². The van der Waals surface area contributed by atoms with Crippen molar-refractivity contribution in [3.8, 4) is 12.3 Å². The third-order valence-electron chi connectivity index (χ3n) is 1.97. The van der Waals surface area contributed by atoms with Gasteiger partial charge in [-0.25, -0.2) is 13.6 Å². The quantitative estimate of drug-likeness (QED) is 0.742. The highest BCUT2D eigenvalue weighted by atomic mass is 32.2. The first-order valence-corrected chi connectivity index (χ1v) is 5.81. The van der Waals surface area contributed by atoms with Gasteiger partial charge >= 0.3 is 0 Å². The van der Waals surface area contributed by atoms with Crippen LogP contribution in [0.4, 0.5) is 5.69 Å². The smallest absolute Gasteiger partial charge is 0.238 e. The van der Waals surface area contributed by atoms with Gasteiger partial charge in [0.1, 0.15) is 0 Å². The molecule has 1 aromatic rings. The van der Waals surface area contributed by atoms with Gasteiger partial charge in [-0.2, -0.15) is 0 Å². The average Bonchev–Trinajstić information content (AvgIpc) is 2.14. The molecule has 0 aliphatic carbocycles. The number of rotatable bonds is 3. The van der Waals surface area contributed by atoms with Gasteiger partial charge in [0.05, 0.1) is 11.4 Å². The Morgan fingerprint density at radius 3 is 2.73 bits per heavy atom. The number of nitrogens with one attached hydrogen (secondary N) is 1. The van der Waals surface area contributed by atoms with Gasteiger partial charge in [-0.1, -0.05) is 12.0 Å². The van der Waals surface area contributed by atoms with E-state index in [0.717, 1.165) is 0 Å². The molecule has 0 saturated heterocycles. The lowest BCUT2D eigenvalue weighted by Gasteiger charge is -2.09. The van der Waals surface area contributed by atoms with Crippen LogP contribution in [0.5, 0.6) is 0 Å². The van der Waals surface area contributed by atoms with Crippen LogP contribution in [-0.4, -0.2) is 15.0 Å². The van der Waals surface area contributed by atoms with Crippen molar-refractivity contribution >= 4 is 15.7 Å². The molecule has 0 unspecified atom stereocenters. The summed E-state index contributed by atoms with van der Waals surface area (Å²) < 4.78 is 22.4. The molecule has 1 rings (SSSR count). The number of benzene rings is 1. The highest BCUT2D eigenvalue weighted by molar-refractivity contribution is 7.89. The number of anilines is 1. The third-order valence-corrected chi connectivity index (χ3v) is 3.03. The summed E-state index contributed by atoms with van der Waals surface area (Å²) in [5.74, 6) is 2.41. The minimum absolute atomic E-state index is 0.115. The van der Waals surface area contributed by atoms with Gasteiger partial charge < -0.3 is 5.32 Å². The van der Waals surface area contributed by atoms with Crippen molar-refractivity contribution < 1.29 is 8.42 Å². The molecular formula is C10H12N2O2S. The number of nitrogens with two attached hydrogens (primary N) is 1.